The largest absolute Gasteiger partial charge is 0.465 e. The predicted molar refractivity (Wildman–Crippen MR) is 70.5 cm³/mol. The highest BCUT2D eigenvalue weighted by molar-refractivity contribution is 9.10. The first-order chi connectivity index (χ1) is 8.78. The van der Waals surface area contributed by atoms with Gasteiger partial charge in [-0.15, -0.1) is 0 Å². The van der Waals surface area contributed by atoms with Crippen LogP contribution in [0.15, 0.2) is 27.6 Å². The molecule has 0 aliphatic carbocycles. The number of carbonyl (C=O) groups is 1. The van der Waals surface area contributed by atoms with Crippen LogP contribution in [0.5, 0.6) is 0 Å². The van der Waals surface area contributed by atoms with Crippen molar-refractivity contribution in [2.24, 2.45) is 0 Å². The van der Waals surface area contributed by atoms with Gasteiger partial charge in [-0.1, -0.05) is 0 Å². The summed E-state index contributed by atoms with van der Waals surface area (Å²) in [5, 5.41) is 0. The van der Waals surface area contributed by atoms with Crippen molar-refractivity contribution in [3.8, 4) is 0 Å². The van der Waals surface area contributed by atoms with Gasteiger partial charge in [0.1, 0.15) is 12.4 Å². The third-order valence-electron chi connectivity index (χ3n) is 2.24. The molecule has 0 saturated heterocycles. The van der Waals surface area contributed by atoms with E-state index in [1.807, 2.05) is 0 Å². The second-order valence-electron chi connectivity index (χ2n) is 3.64. The highest BCUT2D eigenvalue weighted by Gasteiger charge is 2.25. The zero-order valence-corrected chi connectivity index (χ0v) is 12.8. The Kier molecular flexibility index (Phi) is 5.45. The van der Waals surface area contributed by atoms with Gasteiger partial charge < -0.3 is 4.74 Å². The molecule has 0 amide bonds. The summed E-state index contributed by atoms with van der Waals surface area (Å²) in [6, 6.07) is 3.22. The van der Waals surface area contributed by atoms with E-state index >= 15 is 0 Å². The Morgan fingerprint density at radius 3 is 2.63 bits per heavy atom. The van der Waals surface area contributed by atoms with Crippen LogP contribution in [0.25, 0.3) is 0 Å². The molecule has 0 atom stereocenters. The number of esters is 1. The minimum absolute atomic E-state index is 0.100. The minimum atomic E-state index is -3.88. The van der Waals surface area contributed by atoms with E-state index in [0.717, 1.165) is 22.5 Å². The third-order valence-corrected chi connectivity index (χ3v) is 5.02. The molecule has 8 heteroatoms. The predicted octanol–water partition coefficient (Wildman–Crippen LogP) is 1.77. The van der Waals surface area contributed by atoms with Crippen LogP contribution in [0.4, 0.5) is 4.39 Å². The van der Waals surface area contributed by atoms with E-state index in [1.165, 1.54) is 7.05 Å². The van der Waals surface area contributed by atoms with E-state index < -0.39 is 28.4 Å². The van der Waals surface area contributed by atoms with Gasteiger partial charge in [0, 0.05) is 11.5 Å². The Morgan fingerprint density at radius 1 is 1.47 bits per heavy atom. The number of ether oxygens (including phenoxy) is 1. The van der Waals surface area contributed by atoms with Crippen LogP contribution in [0.2, 0.25) is 0 Å². The monoisotopic (exact) mass is 353 g/mol. The zero-order chi connectivity index (χ0) is 14.6. The van der Waals surface area contributed by atoms with E-state index in [1.54, 1.807) is 6.92 Å². The molecule has 0 spiro atoms. The van der Waals surface area contributed by atoms with Gasteiger partial charge in [0.2, 0.25) is 10.0 Å². The quantitative estimate of drug-likeness (QED) is 0.756. The summed E-state index contributed by atoms with van der Waals surface area (Å²) in [6.07, 6.45) is 0. The zero-order valence-electron chi connectivity index (χ0n) is 10.4. The molecular formula is C11H13BrFNO4S. The van der Waals surface area contributed by atoms with Crippen LogP contribution in [0.1, 0.15) is 6.92 Å². The highest BCUT2D eigenvalue weighted by atomic mass is 79.9. The molecule has 106 valence electrons. The molecule has 0 aromatic heterocycles. The molecule has 5 nitrogen and oxygen atoms in total. The molecule has 0 bridgehead atoms. The summed E-state index contributed by atoms with van der Waals surface area (Å²) >= 11 is 2.99. The summed E-state index contributed by atoms with van der Waals surface area (Å²) in [5.41, 5.74) is 0. The van der Waals surface area contributed by atoms with E-state index in [0.29, 0.717) is 0 Å². The first-order valence-corrected chi connectivity index (χ1v) is 7.59. The summed E-state index contributed by atoms with van der Waals surface area (Å²) in [7, 11) is -2.63. The molecule has 1 rings (SSSR count). The number of rotatable bonds is 5. The van der Waals surface area contributed by atoms with Crippen molar-refractivity contribution < 1.29 is 22.3 Å². The van der Waals surface area contributed by atoms with Crippen molar-refractivity contribution in [1.82, 2.24) is 4.31 Å². The van der Waals surface area contributed by atoms with Gasteiger partial charge >= 0.3 is 5.97 Å². The molecule has 0 radical (unpaired) electrons. The van der Waals surface area contributed by atoms with Crippen LogP contribution in [-0.2, 0) is 19.6 Å². The minimum Gasteiger partial charge on any atom is -0.465 e. The first kappa shape index (κ1) is 16.1. The van der Waals surface area contributed by atoms with Crippen molar-refractivity contribution in [1.29, 1.82) is 0 Å². The fraction of sp³-hybridized carbons (Fsp3) is 0.364. The normalized spacial score (nSPS) is 11.6. The van der Waals surface area contributed by atoms with Crippen LogP contribution < -0.4 is 0 Å². The summed E-state index contributed by atoms with van der Waals surface area (Å²) in [5.74, 6) is -1.20. The van der Waals surface area contributed by atoms with Gasteiger partial charge in [0.15, 0.2) is 0 Å². The van der Waals surface area contributed by atoms with Gasteiger partial charge in [-0.05, 0) is 41.1 Å². The number of halogens is 2. The Balaban J connectivity index is 3.00. The van der Waals surface area contributed by atoms with Gasteiger partial charge in [0.05, 0.1) is 11.5 Å². The van der Waals surface area contributed by atoms with Crippen molar-refractivity contribution in [3.05, 3.63) is 28.5 Å². The van der Waals surface area contributed by atoms with E-state index in [2.05, 4.69) is 20.7 Å². The third kappa shape index (κ3) is 3.99. The number of nitrogens with zero attached hydrogens (tertiary/aromatic N) is 1. The molecule has 19 heavy (non-hydrogen) atoms. The maximum atomic E-state index is 12.9. The Bertz CT molecular complexity index is 576. The standard InChI is InChI=1S/C11H13BrFNO4S/c1-3-18-11(15)7-14(2)19(16,17)10-5-4-8(13)6-9(10)12/h4-6H,3,7H2,1-2H3. The molecule has 1 aromatic rings. The highest BCUT2D eigenvalue weighted by Crippen LogP contribution is 2.25. The maximum Gasteiger partial charge on any atom is 0.321 e. The second kappa shape index (κ2) is 6.44. The van der Waals surface area contributed by atoms with Crippen LogP contribution in [0, 0.1) is 5.82 Å². The molecule has 0 fully saturated rings. The van der Waals surface area contributed by atoms with Crippen molar-refractivity contribution >= 4 is 31.9 Å². The van der Waals surface area contributed by atoms with Crippen LogP contribution in [-0.4, -0.2) is 38.9 Å². The topological polar surface area (TPSA) is 63.7 Å². The van der Waals surface area contributed by atoms with Gasteiger partial charge in [-0.2, -0.15) is 4.31 Å². The smallest absolute Gasteiger partial charge is 0.321 e. The summed E-state index contributed by atoms with van der Waals surface area (Å²) < 4.78 is 42.9. The number of likely N-dealkylation sites (N-methyl/N-ethyl adjacent to an activating group) is 1. The Labute approximate surface area is 119 Å². The maximum absolute atomic E-state index is 12.9. The summed E-state index contributed by atoms with van der Waals surface area (Å²) in [4.78, 5) is 11.2. The molecule has 0 N–H and O–H groups in total. The SMILES string of the molecule is CCOC(=O)CN(C)S(=O)(=O)c1ccc(F)cc1Br. The van der Waals surface area contributed by atoms with Crippen molar-refractivity contribution in [2.75, 3.05) is 20.2 Å². The summed E-state index contributed by atoms with van der Waals surface area (Å²) in [6.45, 7) is 1.40. The van der Waals surface area contributed by atoms with Crippen LogP contribution >= 0.6 is 15.9 Å². The second-order valence-corrected chi connectivity index (χ2v) is 6.51. The average Bonchev–Trinajstić information content (AvgIpc) is 2.28. The Hall–Kier alpha value is -0.990. The van der Waals surface area contributed by atoms with Gasteiger partial charge in [-0.3, -0.25) is 4.79 Å². The molecule has 0 saturated carbocycles. The van der Waals surface area contributed by atoms with Gasteiger partial charge in [0.25, 0.3) is 0 Å². The lowest BCUT2D eigenvalue weighted by Gasteiger charge is -2.17. The number of carbonyl (C=O) groups excluding carboxylic acids is 1. The van der Waals surface area contributed by atoms with E-state index in [9.17, 15) is 17.6 Å². The fourth-order valence-electron chi connectivity index (χ4n) is 1.33. The number of hydrogen-bond donors (Lipinski definition) is 0. The van der Waals surface area contributed by atoms with E-state index in [4.69, 9.17) is 0 Å². The molecule has 0 aliphatic rings. The lowest BCUT2D eigenvalue weighted by atomic mass is 10.3. The lowest BCUT2D eigenvalue weighted by Crippen LogP contribution is -2.33. The lowest BCUT2D eigenvalue weighted by molar-refractivity contribution is -0.143. The van der Waals surface area contributed by atoms with Crippen molar-refractivity contribution in [2.45, 2.75) is 11.8 Å². The average molecular weight is 354 g/mol. The van der Waals surface area contributed by atoms with Gasteiger partial charge in [-0.25, -0.2) is 12.8 Å². The molecule has 0 unspecified atom stereocenters. The number of sulfonamides is 1. The number of benzene rings is 1. The fourth-order valence-corrected chi connectivity index (χ4v) is 3.45. The van der Waals surface area contributed by atoms with Crippen molar-refractivity contribution in [3.63, 3.8) is 0 Å². The molecule has 0 heterocycles. The number of hydrogen-bond acceptors (Lipinski definition) is 4. The van der Waals surface area contributed by atoms with E-state index in [-0.39, 0.29) is 16.0 Å². The Morgan fingerprint density at radius 2 is 2.11 bits per heavy atom. The first-order valence-electron chi connectivity index (χ1n) is 5.36. The molecule has 1 aromatic carbocycles. The van der Waals surface area contributed by atoms with Crippen LogP contribution in [0.3, 0.4) is 0 Å². The molecular weight excluding hydrogens is 341 g/mol. The molecule has 0 aliphatic heterocycles.